The summed E-state index contributed by atoms with van der Waals surface area (Å²) in [5, 5.41) is 0. The van der Waals surface area contributed by atoms with Gasteiger partial charge in [0.1, 0.15) is 5.75 Å². The lowest BCUT2D eigenvalue weighted by Gasteiger charge is -2.31. The van der Waals surface area contributed by atoms with Gasteiger partial charge in [0.2, 0.25) is 10.0 Å². The quantitative estimate of drug-likeness (QED) is 0.872. The van der Waals surface area contributed by atoms with E-state index in [2.05, 4.69) is 4.72 Å². The summed E-state index contributed by atoms with van der Waals surface area (Å²) in [7, 11) is -1.94. The Labute approximate surface area is 153 Å². The Morgan fingerprint density at radius 1 is 1.15 bits per heavy atom. The second-order valence-corrected chi connectivity index (χ2v) is 8.16. The van der Waals surface area contributed by atoms with Crippen LogP contribution in [0.15, 0.2) is 47.4 Å². The number of benzene rings is 2. The van der Waals surface area contributed by atoms with Crippen molar-refractivity contribution in [1.82, 2.24) is 4.72 Å². The fourth-order valence-electron chi connectivity index (χ4n) is 3.06. The molecule has 3 rings (SSSR count). The minimum atomic E-state index is -3.63. The standard InChI is InChI=1S/C19H22N2O4S/c1-13-8-9-18(14(2)12-13)26(23,24)20-11-10-17-19(22)21(3)15-6-4-5-7-16(15)25-17/h4-9,12,17,20H,10-11H2,1-3H3. The monoisotopic (exact) mass is 374 g/mol. The molecule has 0 aromatic heterocycles. The summed E-state index contributed by atoms with van der Waals surface area (Å²) in [6.07, 6.45) is -0.460. The van der Waals surface area contributed by atoms with Crippen LogP contribution in [0.2, 0.25) is 0 Å². The van der Waals surface area contributed by atoms with Crippen LogP contribution in [0.1, 0.15) is 17.5 Å². The average Bonchev–Trinajstić information content (AvgIpc) is 2.58. The number of hydrogen-bond acceptors (Lipinski definition) is 4. The van der Waals surface area contributed by atoms with E-state index in [9.17, 15) is 13.2 Å². The minimum Gasteiger partial charge on any atom is -0.478 e. The number of carbonyl (C=O) groups excluding carboxylic acids is 1. The van der Waals surface area contributed by atoms with E-state index in [0.717, 1.165) is 5.56 Å². The zero-order valence-electron chi connectivity index (χ0n) is 15.0. The maximum atomic E-state index is 12.5. The summed E-state index contributed by atoms with van der Waals surface area (Å²) < 4.78 is 33.3. The topological polar surface area (TPSA) is 75.7 Å². The highest BCUT2D eigenvalue weighted by Crippen LogP contribution is 2.33. The van der Waals surface area contributed by atoms with Crippen molar-refractivity contribution in [3.8, 4) is 5.75 Å². The Balaban J connectivity index is 1.67. The summed E-state index contributed by atoms with van der Waals surface area (Å²) in [4.78, 5) is 14.2. The van der Waals surface area contributed by atoms with Crippen molar-refractivity contribution in [1.29, 1.82) is 0 Å². The Bertz CT molecular complexity index is 940. The van der Waals surface area contributed by atoms with Crippen molar-refractivity contribution in [2.24, 2.45) is 0 Å². The summed E-state index contributed by atoms with van der Waals surface area (Å²) in [5.41, 5.74) is 2.41. The molecule has 0 saturated heterocycles. The van der Waals surface area contributed by atoms with Crippen LogP contribution in [0.25, 0.3) is 0 Å². The predicted molar refractivity (Wildman–Crippen MR) is 100.0 cm³/mol. The van der Waals surface area contributed by atoms with Gasteiger partial charge in [-0.05, 0) is 37.6 Å². The molecule has 0 radical (unpaired) electrons. The largest absolute Gasteiger partial charge is 0.478 e. The van der Waals surface area contributed by atoms with E-state index < -0.39 is 16.1 Å². The van der Waals surface area contributed by atoms with Crippen molar-refractivity contribution in [3.05, 3.63) is 53.6 Å². The molecule has 1 heterocycles. The third kappa shape index (κ3) is 3.59. The van der Waals surface area contributed by atoms with E-state index in [1.54, 1.807) is 37.1 Å². The number of hydrogen-bond donors (Lipinski definition) is 1. The zero-order valence-corrected chi connectivity index (χ0v) is 15.8. The molecule has 0 bridgehead atoms. The molecule has 1 N–H and O–H groups in total. The Morgan fingerprint density at radius 3 is 2.62 bits per heavy atom. The fourth-order valence-corrected chi connectivity index (χ4v) is 4.33. The molecule has 2 aromatic carbocycles. The van der Waals surface area contributed by atoms with Crippen LogP contribution >= 0.6 is 0 Å². The number of fused-ring (bicyclic) bond motifs is 1. The molecule has 1 amide bonds. The lowest BCUT2D eigenvalue weighted by atomic mass is 10.1. The van der Waals surface area contributed by atoms with Crippen LogP contribution < -0.4 is 14.4 Å². The Kier molecular flexibility index (Phi) is 5.02. The number of anilines is 1. The van der Waals surface area contributed by atoms with Gasteiger partial charge in [0, 0.05) is 20.0 Å². The van der Waals surface area contributed by atoms with Crippen molar-refractivity contribution in [3.63, 3.8) is 0 Å². The number of likely N-dealkylation sites (N-methyl/N-ethyl adjacent to an activating group) is 1. The number of sulfonamides is 1. The first kappa shape index (κ1) is 18.4. The first-order chi connectivity index (χ1) is 12.3. The maximum Gasteiger partial charge on any atom is 0.267 e. The summed E-state index contributed by atoms with van der Waals surface area (Å²) in [6.45, 7) is 3.79. The van der Waals surface area contributed by atoms with E-state index in [4.69, 9.17) is 4.74 Å². The molecule has 1 aliphatic rings. The summed E-state index contributed by atoms with van der Waals surface area (Å²) >= 11 is 0. The first-order valence-electron chi connectivity index (χ1n) is 8.40. The lowest BCUT2D eigenvalue weighted by Crippen LogP contribution is -2.45. The van der Waals surface area contributed by atoms with Gasteiger partial charge in [-0.25, -0.2) is 13.1 Å². The molecule has 0 aliphatic carbocycles. The molecular weight excluding hydrogens is 352 g/mol. The number of rotatable bonds is 5. The Hall–Kier alpha value is -2.38. The van der Waals surface area contributed by atoms with Gasteiger partial charge >= 0.3 is 0 Å². The van der Waals surface area contributed by atoms with Crippen molar-refractivity contribution in [2.75, 3.05) is 18.5 Å². The van der Waals surface area contributed by atoms with Gasteiger partial charge in [0.05, 0.1) is 10.6 Å². The van der Waals surface area contributed by atoms with Crippen molar-refractivity contribution >= 4 is 21.6 Å². The average molecular weight is 374 g/mol. The number of nitrogens with zero attached hydrogens (tertiary/aromatic N) is 1. The highest BCUT2D eigenvalue weighted by atomic mass is 32.2. The third-order valence-electron chi connectivity index (χ3n) is 4.42. The maximum absolute atomic E-state index is 12.5. The van der Waals surface area contributed by atoms with Gasteiger partial charge in [-0.15, -0.1) is 0 Å². The Morgan fingerprint density at radius 2 is 1.88 bits per heavy atom. The SMILES string of the molecule is Cc1ccc(S(=O)(=O)NCCC2Oc3ccccc3N(C)C2=O)c(C)c1. The zero-order chi connectivity index (χ0) is 18.9. The van der Waals surface area contributed by atoms with Crippen LogP contribution in [0.4, 0.5) is 5.69 Å². The number of carbonyl (C=O) groups is 1. The van der Waals surface area contributed by atoms with Crippen molar-refractivity contribution in [2.45, 2.75) is 31.3 Å². The molecule has 7 heteroatoms. The van der Waals surface area contributed by atoms with Crippen LogP contribution in [0.5, 0.6) is 5.75 Å². The predicted octanol–water partition coefficient (Wildman–Crippen LogP) is 2.40. The van der Waals surface area contributed by atoms with Gasteiger partial charge in [0.25, 0.3) is 5.91 Å². The lowest BCUT2D eigenvalue weighted by molar-refractivity contribution is -0.126. The molecule has 26 heavy (non-hydrogen) atoms. The van der Waals surface area contributed by atoms with E-state index in [1.165, 1.54) is 0 Å². The molecule has 1 atom stereocenters. The van der Waals surface area contributed by atoms with E-state index in [1.807, 2.05) is 31.2 Å². The molecule has 0 fully saturated rings. The minimum absolute atomic E-state index is 0.113. The fraction of sp³-hybridized carbons (Fsp3) is 0.316. The van der Waals surface area contributed by atoms with Crippen molar-refractivity contribution < 1.29 is 17.9 Å². The molecule has 2 aromatic rings. The van der Waals surface area contributed by atoms with Crippen LogP contribution in [-0.2, 0) is 14.8 Å². The molecule has 138 valence electrons. The molecule has 6 nitrogen and oxygen atoms in total. The second kappa shape index (κ2) is 7.09. The van der Waals surface area contributed by atoms with Crippen LogP contribution in [-0.4, -0.2) is 34.0 Å². The molecule has 1 aliphatic heterocycles. The van der Waals surface area contributed by atoms with Gasteiger partial charge in [-0.1, -0.05) is 29.8 Å². The van der Waals surface area contributed by atoms with Gasteiger partial charge < -0.3 is 9.64 Å². The van der Waals surface area contributed by atoms with Crippen LogP contribution in [0, 0.1) is 13.8 Å². The third-order valence-corrected chi connectivity index (χ3v) is 6.04. The molecule has 1 unspecified atom stereocenters. The molecule has 0 spiro atoms. The van der Waals surface area contributed by atoms with Gasteiger partial charge in [-0.3, -0.25) is 4.79 Å². The number of ether oxygens (including phenoxy) is 1. The molecule has 0 saturated carbocycles. The number of amides is 1. The number of nitrogens with one attached hydrogen (secondary N) is 1. The summed E-state index contributed by atoms with van der Waals surface area (Å²) in [5.74, 6) is 0.436. The van der Waals surface area contributed by atoms with Gasteiger partial charge in [0.15, 0.2) is 6.10 Å². The number of aryl methyl sites for hydroxylation is 2. The summed E-state index contributed by atoms with van der Waals surface area (Å²) in [6, 6.07) is 12.5. The smallest absolute Gasteiger partial charge is 0.267 e. The first-order valence-corrected chi connectivity index (χ1v) is 9.88. The highest BCUT2D eigenvalue weighted by Gasteiger charge is 2.32. The van der Waals surface area contributed by atoms with E-state index in [0.29, 0.717) is 17.0 Å². The molecular formula is C19H22N2O4S. The van der Waals surface area contributed by atoms with E-state index >= 15 is 0 Å². The number of para-hydroxylation sites is 2. The normalized spacial score (nSPS) is 17.0. The highest BCUT2D eigenvalue weighted by molar-refractivity contribution is 7.89. The second-order valence-electron chi connectivity index (χ2n) is 6.43. The van der Waals surface area contributed by atoms with Gasteiger partial charge in [-0.2, -0.15) is 0 Å². The van der Waals surface area contributed by atoms with Crippen LogP contribution in [0.3, 0.4) is 0 Å². The van der Waals surface area contributed by atoms with E-state index in [-0.39, 0.29) is 23.8 Å².